The van der Waals surface area contributed by atoms with Gasteiger partial charge in [0.25, 0.3) is 5.91 Å². The SMILES string of the molecule is Cc1cc(O[C@@H](C)C(=O)NCCc2csc(-c3ccccc3)n2)ccc1Cl. The van der Waals surface area contributed by atoms with Gasteiger partial charge in [0, 0.05) is 28.9 Å². The van der Waals surface area contributed by atoms with E-state index in [4.69, 9.17) is 16.3 Å². The fraction of sp³-hybridized carbons (Fsp3) is 0.238. The lowest BCUT2D eigenvalue weighted by molar-refractivity contribution is -0.127. The molecule has 1 atom stereocenters. The molecule has 2 aromatic carbocycles. The number of aromatic nitrogens is 1. The van der Waals surface area contributed by atoms with E-state index < -0.39 is 6.10 Å². The van der Waals surface area contributed by atoms with Crippen molar-refractivity contribution in [2.24, 2.45) is 0 Å². The van der Waals surface area contributed by atoms with Crippen molar-refractivity contribution < 1.29 is 9.53 Å². The Kier molecular flexibility index (Phi) is 6.48. The number of hydrogen-bond acceptors (Lipinski definition) is 4. The molecule has 0 unspecified atom stereocenters. The number of nitrogens with one attached hydrogen (secondary N) is 1. The highest BCUT2D eigenvalue weighted by Crippen LogP contribution is 2.23. The molecule has 1 heterocycles. The summed E-state index contributed by atoms with van der Waals surface area (Å²) in [5, 5.41) is 6.60. The van der Waals surface area contributed by atoms with Crippen molar-refractivity contribution in [3.05, 3.63) is 70.2 Å². The summed E-state index contributed by atoms with van der Waals surface area (Å²) in [6.07, 6.45) is 0.0999. The van der Waals surface area contributed by atoms with Gasteiger partial charge in [0.1, 0.15) is 10.8 Å². The molecule has 0 aliphatic heterocycles. The van der Waals surface area contributed by atoms with Gasteiger partial charge < -0.3 is 10.1 Å². The first-order chi connectivity index (χ1) is 13.0. The second kappa shape index (κ2) is 9.02. The maximum absolute atomic E-state index is 12.2. The van der Waals surface area contributed by atoms with Crippen LogP contribution in [0.1, 0.15) is 18.2 Å². The number of benzene rings is 2. The van der Waals surface area contributed by atoms with Crippen molar-refractivity contribution in [1.29, 1.82) is 0 Å². The molecule has 1 aromatic heterocycles. The molecule has 0 spiro atoms. The van der Waals surface area contributed by atoms with E-state index in [2.05, 4.69) is 10.3 Å². The molecule has 27 heavy (non-hydrogen) atoms. The zero-order chi connectivity index (χ0) is 19.2. The molecular formula is C21H21ClN2O2S. The molecule has 0 fully saturated rings. The van der Waals surface area contributed by atoms with Crippen LogP contribution in [0.3, 0.4) is 0 Å². The number of thiazole rings is 1. The lowest BCUT2D eigenvalue weighted by Crippen LogP contribution is -2.37. The third kappa shape index (κ3) is 5.31. The second-order valence-electron chi connectivity index (χ2n) is 6.22. The smallest absolute Gasteiger partial charge is 0.260 e. The van der Waals surface area contributed by atoms with Gasteiger partial charge in [-0.25, -0.2) is 4.98 Å². The lowest BCUT2D eigenvalue weighted by Gasteiger charge is -2.15. The van der Waals surface area contributed by atoms with Crippen LogP contribution in [0, 0.1) is 6.92 Å². The van der Waals surface area contributed by atoms with E-state index in [1.54, 1.807) is 30.4 Å². The maximum atomic E-state index is 12.2. The minimum absolute atomic E-state index is 0.152. The molecule has 1 N–H and O–H groups in total. The molecule has 3 rings (SSSR count). The zero-order valence-electron chi connectivity index (χ0n) is 15.2. The molecule has 0 saturated heterocycles. The van der Waals surface area contributed by atoms with E-state index in [1.165, 1.54) is 0 Å². The predicted molar refractivity (Wildman–Crippen MR) is 111 cm³/mol. The Hall–Kier alpha value is -2.37. The molecule has 0 radical (unpaired) electrons. The number of nitrogens with zero attached hydrogens (tertiary/aromatic N) is 1. The molecule has 0 aliphatic rings. The highest BCUT2D eigenvalue weighted by Gasteiger charge is 2.15. The minimum Gasteiger partial charge on any atom is -0.481 e. The Morgan fingerprint density at radius 3 is 2.78 bits per heavy atom. The van der Waals surface area contributed by atoms with Gasteiger partial charge in [-0.1, -0.05) is 41.9 Å². The van der Waals surface area contributed by atoms with Crippen LogP contribution in [0.25, 0.3) is 10.6 Å². The minimum atomic E-state index is -0.583. The number of hydrogen-bond donors (Lipinski definition) is 1. The van der Waals surface area contributed by atoms with E-state index in [9.17, 15) is 4.79 Å². The largest absolute Gasteiger partial charge is 0.481 e. The Morgan fingerprint density at radius 1 is 1.26 bits per heavy atom. The summed E-state index contributed by atoms with van der Waals surface area (Å²) >= 11 is 7.62. The van der Waals surface area contributed by atoms with E-state index in [0.717, 1.165) is 21.8 Å². The van der Waals surface area contributed by atoms with Crippen molar-refractivity contribution in [3.8, 4) is 16.3 Å². The van der Waals surface area contributed by atoms with Gasteiger partial charge in [-0.05, 0) is 37.6 Å². The lowest BCUT2D eigenvalue weighted by atomic mass is 10.2. The zero-order valence-corrected chi connectivity index (χ0v) is 16.8. The van der Waals surface area contributed by atoms with Gasteiger partial charge in [0.05, 0.1) is 5.69 Å². The van der Waals surface area contributed by atoms with Crippen molar-refractivity contribution in [2.75, 3.05) is 6.54 Å². The highest BCUT2D eigenvalue weighted by atomic mass is 35.5. The summed E-state index contributed by atoms with van der Waals surface area (Å²) in [5.74, 6) is 0.479. The molecule has 0 aliphatic carbocycles. The van der Waals surface area contributed by atoms with E-state index in [1.807, 2.05) is 48.7 Å². The number of ether oxygens (including phenoxy) is 1. The molecular weight excluding hydrogens is 380 g/mol. The van der Waals surface area contributed by atoms with E-state index in [-0.39, 0.29) is 5.91 Å². The van der Waals surface area contributed by atoms with Crippen LogP contribution in [0.15, 0.2) is 53.9 Å². The van der Waals surface area contributed by atoms with Gasteiger partial charge in [-0.3, -0.25) is 4.79 Å². The topological polar surface area (TPSA) is 51.2 Å². The molecule has 0 bridgehead atoms. The fourth-order valence-corrected chi connectivity index (χ4v) is 3.52. The van der Waals surface area contributed by atoms with Crippen LogP contribution in [0.4, 0.5) is 0 Å². The van der Waals surface area contributed by atoms with Gasteiger partial charge in [-0.15, -0.1) is 11.3 Å². The average molecular weight is 401 g/mol. The highest BCUT2D eigenvalue weighted by molar-refractivity contribution is 7.13. The van der Waals surface area contributed by atoms with Crippen LogP contribution >= 0.6 is 22.9 Å². The number of aryl methyl sites for hydroxylation is 1. The van der Waals surface area contributed by atoms with Crippen molar-refractivity contribution >= 4 is 28.8 Å². The maximum Gasteiger partial charge on any atom is 0.260 e. The predicted octanol–water partition coefficient (Wildman–Crippen LogP) is 4.90. The third-order valence-corrected chi connectivity index (χ3v) is 5.43. The Labute approximate surface area is 168 Å². The molecule has 3 aromatic rings. The summed E-state index contributed by atoms with van der Waals surface area (Å²) in [5.41, 5.74) is 3.00. The first kappa shape index (κ1) is 19.4. The van der Waals surface area contributed by atoms with Crippen LogP contribution in [0.2, 0.25) is 5.02 Å². The molecule has 4 nitrogen and oxygen atoms in total. The molecule has 1 amide bonds. The summed E-state index contributed by atoms with van der Waals surface area (Å²) in [7, 11) is 0. The van der Waals surface area contributed by atoms with Crippen molar-refractivity contribution in [2.45, 2.75) is 26.4 Å². The van der Waals surface area contributed by atoms with Crippen LogP contribution in [-0.2, 0) is 11.2 Å². The Bertz CT molecular complexity index is 912. The van der Waals surface area contributed by atoms with Crippen molar-refractivity contribution in [3.63, 3.8) is 0 Å². The summed E-state index contributed by atoms with van der Waals surface area (Å²) in [4.78, 5) is 16.9. The Balaban J connectivity index is 1.47. The number of amides is 1. The quantitative estimate of drug-likeness (QED) is 0.613. The first-order valence-corrected chi connectivity index (χ1v) is 9.99. The van der Waals surface area contributed by atoms with Crippen LogP contribution < -0.4 is 10.1 Å². The summed E-state index contributed by atoms with van der Waals surface area (Å²) in [6, 6.07) is 15.4. The van der Waals surface area contributed by atoms with Gasteiger partial charge in [0.2, 0.25) is 0 Å². The van der Waals surface area contributed by atoms with Gasteiger partial charge in [0.15, 0.2) is 6.10 Å². The fourth-order valence-electron chi connectivity index (χ4n) is 2.54. The van der Waals surface area contributed by atoms with Crippen LogP contribution in [-0.4, -0.2) is 23.5 Å². The number of rotatable bonds is 7. The number of halogens is 1. The molecule has 6 heteroatoms. The van der Waals surface area contributed by atoms with Gasteiger partial charge >= 0.3 is 0 Å². The first-order valence-electron chi connectivity index (χ1n) is 8.73. The third-order valence-electron chi connectivity index (χ3n) is 4.06. The number of carbonyl (C=O) groups is 1. The normalized spacial score (nSPS) is 11.8. The van der Waals surface area contributed by atoms with Gasteiger partial charge in [-0.2, -0.15) is 0 Å². The van der Waals surface area contributed by atoms with E-state index in [0.29, 0.717) is 23.7 Å². The Morgan fingerprint density at radius 2 is 2.04 bits per heavy atom. The standard InChI is InChI=1S/C21H21ClN2O2S/c1-14-12-18(8-9-19(14)22)26-15(2)20(25)23-11-10-17-13-27-21(24-17)16-6-4-3-5-7-16/h3-9,12-13,15H,10-11H2,1-2H3,(H,23,25)/t15-/m0/s1. The molecule has 140 valence electrons. The van der Waals surface area contributed by atoms with Crippen LogP contribution in [0.5, 0.6) is 5.75 Å². The van der Waals surface area contributed by atoms with Crippen molar-refractivity contribution in [1.82, 2.24) is 10.3 Å². The monoisotopic (exact) mass is 400 g/mol. The second-order valence-corrected chi connectivity index (χ2v) is 7.49. The van der Waals surface area contributed by atoms with E-state index >= 15 is 0 Å². The summed E-state index contributed by atoms with van der Waals surface area (Å²) in [6.45, 7) is 4.15. The molecule has 0 saturated carbocycles. The number of carbonyl (C=O) groups excluding carboxylic acids is 1. The average Bonchev–Trinajstić information content (AvgIpc) is 3.14. The summed E-state index contributed by atoms with van der Waals surface area (Å²) < 4.78 is 5.69.